The number of rotatable bonds is 7. The van der Waals surface area contributed by atoms with E-state index < -0.39 is 29.7 Å². The van der Waals surface area contributed by atoms with Gasteiger partial charge in [0.2, 0.25) is 0 Å². The van der Waals surface area contributed by atoms with Crippen molar-refractivity contribution < 1.29 is 37.0 Å². The minimum Gasteiger partial charge on any atom is -0.458 e. The SMILES string of the molecule is CC(C)(C)OC(=O)CO[C@H]1CC[C@H](NC(=O)c2cnc3cc(OC(F)F)c(F)cc3c2)CC1. The van der Waals surface area contributed by atoms with Gasteiger partial charge in [0.15, 0.2) is 11.6 Å². The first-order valence-corrected chi connectivity index (χ1v) is 10.7. The summed E-state index contributed by atoms with van der Waals surface area (Å²) in [5.41, 5.74) is -0.104. The quantitative estimate of drug-likeness (QED) is 0.607. The van der Waals surface area contributed by atoms with Crippen LogP contribution in [0.4, 0.5) is 13.2 Å². The van der Waals surface area contributed by atoms with Crippen LogP contribution in [0.2, 0.25) is 0 Å². The standard InChI is InChI=1S/C23H27F3N2O5/c1-23(2,3)33-20(29)12-31-16-6-4-15(5-7-16)28-21(30)14-8-13-9-17(24)19(32-22(25)26)10-18(13)27-11-14/h8-11,15-16,22H,4-7,12H2,1-3H3,(H,28,30)/t15-,16-. The maximum atomic E-state index is 14.0. The lowest BCUT2D eigenvalue weighted by molar-refractivity contribution is -0.162. The van der Waals surface area contributed by atoms with Crippen molar-refractivity contribution in [1.29, 1.82) is 0 Å². The Morgan fingerprint density at radius 1 is 1.15 bits per heavy atom. The predicted molar refractivity (Wildman–Crippen MR) is 114 cm³/mol. The zero-order valence-corrected chi connectivity index (χ0v) is 18.7. The van der Waals surface area contributed by atoms with Crippen molar-refractivity contribution in [2.24, 2.45) is 0 Å². The highest BCUT2D eigenvalue weighted by molar-refractivity contribution is 5.97. The van der Waals surface area contributed by atoms with E-state index in [9.17, 15) is 22.8 Å². The van der Waals surface area contributed by atoms with Crippen LogP contribution in [0, 0.1) is 5.82 Å². The van der Waals surface area contributed by atoms with Crippen LogP contribution in [-0.2, 0) is 14.3 Å². The first kappa shape index (κ1) is 24.8. The van der Waals surface area contributed by atoms with Gasteiger partial charge in [-0.3, -0.25) is 9.78 Å². The molecule has 1 aliphatic carbocycles. The first-order valence-electron chi connectivity index (χ1n) is 10.7. The third-order valence-corrected chi connectivity index (χ3v) is 5.08. The average molecular weight is 468 g/mol. The normalized spacial score (nSPS) is 18.9. The van der Waals surface area contributed by atoms with Gasteiger partial charge in [0.1, 0.15) is 12.2 Å². The van der Waals surface area contributed by atoms with Gasteiger partial charge in [0, 0.05) is 23.7 Å². The third-order valence-electron chi connectivity index (χ3n) is 5.08. The largest absolute Gasteiger partial charge is 0.458 e. The van der Waals surface area contributed by atoms with E-state index in [1.807, 2.05) is 0 Å². The molecule has 33 heavy (non-hydrogen) atoms. The molecule has 0 spiro atoms. The Hall–Kier alpha value is -2.88. The Labute approximate surface area is 189 Å². The number of nitrogens with zero attached hydrogens (tertiary/aromatic N) is 1. The Kier molecular flexibility index (Phi) is 7.78. The van der Waals surface area contributed by atoms with E-state index in [4.69, 9.17) is 9.47 Å². The molecule has 1 amide bonds. The van der Waals surface area contributed by atoms with E-state index in [1.165, 1.54) is 12.3 Å². The van der Waals surface area contributed by atoms with Crippen molar-refractivity contribution in [3.63, 3.8) is 0 Å². The number of amides is 1. The molecule has 0 saturated heterocycles. The van der Waals surface area contributed by atoms with Crippen LogP contribution in [-0.4, -0.2) is 47.8 Å². The fourth-order valence-electron chi connectivity index (χ4n) is 3.64. The third kappa shape index (κ3) is 7.31. The molecule has 1 aromatic carbocycles. The lowest BCUT2D eigenvalue weighted by Gasteiger charge is -2.29. The molecule has 1 saturated carbocycles. The first-order chi connectivity index (χ1) is 15.5. The van der Waals surface area contributed by atoms with Crippen LogP contribution in [0.1, 0.15) is 56.8 Å². The van der Waals surface area contributed by atoms with E-state index in [0.717, 1.165) is 12.1 Å². The van der Waals surface area contributed by atoms with Gasteiger partial charge in [-0.15, -0.1) is 0 Å². The molecule has 10 heteroatoms. The molecule has 1 N–H and O–H groups in total. The molecule has 3 rings (SSSR count). The number of halogens is 3. The second-order valence-electron chi connectivity index (χ2n) is 8.92. The molecule has 0 unspecified atom stereocenters. The summed E-state index contributed by atoms with van der Waals surface area (Å²) in [6, 6.07) is 3.44. The van der Waals surface area contributed by atoms with Crippen LogP contribution in [0.15, 0.2) is 24.4 Å². The smallest absolute Gasteiger partial charge is 0.387 e. The number of carbonyl (C=O) groups is 2. The number of hydrogen-bond donors (Lipinski definition) is 1. The maximum absolute atomic E-state index is 14.0. The van der Waals surface area contributed by atoms with Crippen molar-refractivity contribution in [2.45, 2.75) is 70.8 Å². The molecule has 0 atom stereocenters. The molecule has 1 fully saturated rings. The van der Waals surface area contributed by atoms with Crippen LogP contribution in [0.3, 0.4) is 0 Å². The number of hydrogen-bond acceptors (Lipinski definition) is 6. The molecule has 1 aromatic heterocycles. The molecule has 0 radical (unpaired) electrons. The topological polar surface area (TPSA) is 86.8 Å². The maximum Gasteiger partial charge on any atom is 0.387 e. The molecule has 180 valence electrons. The summed E-state index contributed by atoms with van der Waals surface area (Å²) in [6.07, 6.45) is 3.94. The Morgan fingerprint density at radius 3 is 2.48 bits per heavy atom. The van der Waals surface area contributed by atoms with E-state index in [-0.39, 0.29) is 35.7 Å². The molecule has 2 aromatic rings. The summed E-state index contributed by atoms with van der Waals surface area (Å²) < 4.78 is 53.7. The lowest BCUT2D eigenvalue weighted by Crippen LogP contribution is -2.39. The number of fused-ring (bicyclic) bond motifs is 1. The van der Waals surface area contributed by atoms with Gasteiger partial charge < -0.3 is 19.5 Å². The van der Waals surface area contributed by atoms with Gasteiger partial charge in [0.05, 0.1) is 17.2 Å². The number of benzene rings is 1. The minimum absolute atomic E-state index is 0.0758. The monoisotopic (exact) mass is 468 g/mol. The number of esters is 1. The van der Waals surface area contributed by atoms with Gasteiger partial charge in [-0.1, -0.05) is 0 Å². The fourth-order valence-corrected chi connectivity index (χ4v) is 3.64. The number of carbonyl (C=O) groups excluding carboxylic acids is 2. The summed E-state index contributed by atoms with van der Waals surface area (Å²) >= 11 is 0. The average Bonchev–Trinajstić information content (AvgIpc) is 2.72. The second kappa shape index (κ2) is 10.4. The highest BCUT2D eigenvalue weighted by Crippen LogP contribution is 2.26. The summed E-state index contributed by atoms with van der Waals surface area (Å²) in [4.78, 5) is 28.5. The summed E-state index contributed by atoms with van der Waals surface area (Å²) in [5.74, 6) is -2.35. The van der Waals surface area contributed by atoms with Crippen molar-refractivity contribution in [2.75, 3.05) is 6.61 Å². The molecule has 1 heterocycles. The van der Waals surface area contributed by atoms with Gasteiger partial charge in [-0.2, -0.15) is 8.78 Å². The van der Waals surface area contributed by atoms with Crippen LogP contribution in [0.25, 0.3) is 10.9 Å². The number of alkyl halides is 2. The number of nitrogens with one attached hydrogen (secondary N) is 1. The molecule has 0 aliphatic heterocycles. The minimum atomic E-state index is -3.15. The predicted octanol–water partition coefficient (Wildman–Crippen LogP) is 4.37. The zero-order valence-electron chi connectivity index (χ0n) is 18.7. The Morgan fingerprint density at radius 2 is 1.85 bits per heavy atom. The fraction of sp³-hybridized carbons (Fsp3) is 0.522. The van der Waals surface area contributed by atoms with Gasteiger partial charge in [-0.05, 0) is 58.6 Å². The Bertz CT molecular complexity index is 1000. The summed E-state index contributed by atoms with van der Waals surface area (Å²) in [6.45, 7) is 2.11. The van der Waals surface area contributed by atoms with E-state index >= 15 is 0 Å². The van der Waals surface area contributed by atoms with Gasteiger partial charge in [-0.25, -0.2) is 9.18 Å². The summed E-state index contributed by atoms with van der Waals surface area (Å²) in [7, 11) is 0. The van der Waals surface area contributed by atoms with Crippen LogP contribution in [0.5, 0.6) is 5.75 Å². The van der Waals surface area contributed by atoms with Crippen LogP contribution < -0.4 is 10.1 Å². The highest BCUT2D eigenvalue weighted by Gasteiger charge is 2.25. The van der Waals surface area contributed by atoms with E-state index in [2.05, 4.69) is 15.0 Å². The van der Waals surface area contributed by atoms with Crippen molar-refractivity contribution in [1.82, 2.24) is 10.3 Å². The van der Waals surface area contributed by atoms with Gasteiger partial charge in [0.25, 0.3) is 5.91 Å². The highest BCUT2D eigenvalue weighted by atomic mass is 19.3. The number of ether oxygens (including phenoxy) is 3. The van der Waals surface area contributed by atoms with Gasteiger partial charge >= 0.3 is 12.6 Å². The zero-order chi connectivity index (χ0) is 24.2. The summed E-state index contributed by atoms with van der Waals surface area (Å²) in [5, 5.41) is 3.22. The van der Waals surface area contributed by atoms with Crippen molar-refractivity contribution in [3.05, 3.63) is 35.8 Å². The lowest BCUT2D eigenvalue weighted by atomic mass is 9.92. The number of aromatic nitrogens is 1. The molecular weight excluding hydrogens is 441 g/mol. The van der Waals surface area contributed by atoms with E-state index in [0.29, 0.717) is 31.1 Å². The van der Waals surface area contributed by atoms with Crippen molar-refractivity contribution >= 4 is 22.8 Å². The molecule has 7 nitrogen and oxygen atoms in total. The van der Waals surface area contributed by atoms with Crippen LogP contribution >= 0.6 is 0 Å². The molecule has 1 aliphatic rings. The van der Waals surface area contributed by atoms with Crippen molar-refractivity contribution in [3.8, 4) is 5.75 Å². The number of pyridine rings is 1. The molecule has 0 bridgehead atoms. The second-order valence-corrected chi connectivity index (χ2v) is 8.92. The Balaban J connectivity index is 1.52. The molecular formula is C23H27F3N2O5. The van der Waals surface area contributed by atoms with E-state index in [1.54, 1.807) is 20.8 Å².